The molecule has 1 saturated carbocycles. The van der Waals surface area contributed by atoms with Crippen molar-refractivity contribution in [1.82, 2.24) is 10.0 Å². The van der Waals surface area contributed by atoms with E-state index in [-0.39, 0.29) is 16.8 Å². The molecule has 2 rings (SSSR count). The van der Waals surface area contributed by atoms with Crippen LogP contribution in [0.5, 0.6) is 5.75 Å². The second-order valence-electron chi connectivity index (χ2n) is 7.33. The number of hydrogen-bond donors (Lipinski definition) is 2. The van der Waals surface area contributed by atoms with Gasteiger partial charge in [-0.3, -0.25) is 4.79 Å². The third-order valence-corrected chi connectivity index (χ3v) is 5.96. The maximum Gasteiger partial charge on any atom is 0.260 e. The number of benzene rings is 1. The SMILES string of the molecule is CC(C)CNC(=O)[C@@H](C)Oc1ccc(S(=O)(=O)NC2CCCCC2)cc1. The highest BCUT2D eigenvalue weighted by atomic mass is 32.2. The minimum atomic E-state index is -3.52. The van der Waals surface area contributed by atoms with Crippen molar-refractivity contribution in [2.45, 2.75) is 69.9 Å². The molecular weight excluding hydrogens is 352 g/mol. The summed E-state index contributed by atoms with van der Waals surface area (Å²) >= 11 is 0. The van der Waals surface area contributed by atoms with Gasteiger partial charge in [-0.1, -0.05) is 33.1 Å². The molecule has 0 bridgehead atoms. The Morgan fingerprint density at radius 3 is 2.31 bits per heavy atom. The molecule has 0 aliphatic heterocycles. The van der Waals surface area contributed by atoms with Gasteiger partial charge in [-0.2, -0.15) is 0 Å². The van der Waals surface area contributed by atoms with E-state index >= 15 is 0 Å². The van der Waals surface area contributed by atoms with Crippen LogP contribution in [0.25, 0.3) is 0 Å². The predicted molar refractivity (Wildman–Crippen MR) is 102 cm³/mol. The van der Waals surface area contributed by atoms with Gasteiger partial charge < -0.3 is 10.1 Å². The standard InChI is InChI=1S/C19H30N2O4S/c1-14(2)13-20-19(22)15(3)25-17-9-11-18(12-10-17)26(23,24)21-16-7-5-4-6-8-16/h9-12,14-16,21H,4-8,13H2,1-3H3,(H,20,22)/t15-/m1/s1. The Hall–Kier alpha value is -1.60. The van der Waals surface area contributed by atoms with Crippen LogP contribution in [-0.2, 0) is 14.8 Å². The van der Waals surface area contributed by atoms with Crippen LogP contribution in [0, 0.1) is 5.92 Å². The van der Waals surface area contributed by atoms with Crippen molar-refractivity contribution < 1.29 is 17.9 Å². The van der Waals surface area contributed by atoms with E-state index in [1.165, 1.54) is 18.6 Å². The molecule has 1 aromatic carbocycles. The third kappa shape index (κ3) is 6.29. The van der Waals surface area contributed by atoms with Gasteiger partial charge in [-0.25, -0.2) is 13.1 Å². The van der Waals surface area contributed by atoms with Crippen LogP contribution >= 0.6 is 0 Å². The number of carbonyl (C=O) groups is 1. The molecule has 0 aromatic heterocycles. The van der Waals surface area contributed by atoms with Crippen molar-refractivity contribution in [1.29, 1.82) is 0 Å². The van der Waals surface area contributed by atoms with E-state index in [0.29, 0.717) is 18.2 Å². The van der Waals surface area contributed by atoms with Gasteiger partial charge in [0.1, 0.15) is 5.75 Å². The lowest BCUT2D eigenvalue weighted by atomic mass is 9.96. The summed E-state index contributed by atoms with van der Waals surface area (Å²) in [4.78, 5) is 12.2. The van der Waals surface area contributed by atoms with Crippen LogP contribution in [0.1, 0.15) is 52.9 Å². The van der Waals surface area contributed by atoms with Crippen LogP contribution in [0.2, 0.25) is 0 Å². The first-order chi connectivity index (χ1) is 12.3. The third-order valence-electron chi connectivity index (χ3n) is 4.43. The van der Waals surface area contributed by atoms with Gasteiger partial charge in [0.15, 0.2) is 6.10 Å². The molecule has 0 spiro atoms. The average Bonchev–Trinajstić information content (AvgIpc) is 2.60. The monoisotopic (exact) mass is 382 g/mol. The molecule has 6 nitrogen and oxygen atoms in total. The molecule has 7 heteroatoms. The quantitative estimate of drug-likeness (QED) is 0.724. The zero-order valence-corrected chi connectivity index (χ0v) is 16.6. The fraction of sp³-hybridized carbons (Fsp3) is 0.632. The molecule has 1 amide bonds. The summed E-state index contributed by atoms with van der Waals surface area (Å²) in [5, 5.41) is 2.81. The Balaban J connectivity index is 1.93. The lowest BCUT2D eigenvalue weighted by Crippen LogP contribution is -2.38. The van der Waals surface area contributed by atoms with Gasteiger partial charge in [0.05, 0.1) is 4.90 Å². The molecule has 2 N–H and O–H groups in total. The summed E-state index contributed by atoms with van der Waals surface area (Å²) in [7, 11) is -3.52. The van der Waals surface area contributed by atoms with Gasteiger partial charge in [0, 0.05) is 12.6 Å². The summed E-state index contributed by atoms with van der Waals surface area (Å²) < 4.78 is 33.3. The van der Waals surface area contributed by atoms with Crippen molar-refractivity contribution >= 4 is 15.9 Å². The average molecular weight is 383 g/mol. The maximum absolute atomic E-state index is 12.5. The van der Waals surface area contributed by atoms with Crippen LogP contribution in [0.3, 0.4) is 0 Å². The molecule has 0 heterocycles. The molecular formula is C19H30N2O4S. The lowest BCUT2D eigenvalue weighted by Gasteiger charge is -2.22. The summed E-state index contributed by atoms with van der Waals surface area (Å²) in [6.07, 6.45) is 4.45. The first-order valence-corrected chi connectivity index (χ1v) is 10.8. The summed E-state index contributed by atoms with van der Waals surface area (Å²) in [5.74, 6) is 0.649. The summed E-state index contributed by atoms with van der Waals surface area (Å²) in [6.45, 7) is 6.31. The van der Waals surface area contributed by atoms with Gasteiger partial charge in [-0.15, -0.1) is 0 Å². The molecule has 0 saturated heterocycles. The first-order valence-electron chi connectivity index (χ1n) is 9.34. The summed E-state index contributed by atoms with van der Waals surface area (Å²) in [5.41, 5.74) is 0. The Bertz CT molecular complexity index is 680. The van der Waals surface area contributed by atoms with E-state index in [1.807, 2.05) is 13.8 Å². The molecule has 146 valence electrons. The number of ether oxygens (including phenoxy) is 1. The zero-order chi connectivity index (χ0) is 19.2. The maximum atomic E-state index is 12.5. The van der Waals surface area contributed by atoms with Gasteiger partial charge in [0.2, 0.25) is 10.0 Å². The molecule has 0 unspecified atom stereocenters. The number of amides is 1. The van der Waals surface area contributed by atoms with Crippen LogP contribution in [0.15, 0.2) is 29.2 Å². The van der Waals surface area contributed by atoms with E-state index < -0.39 is 16.1 Å². The molecule has 1 fully saturated rings. The van der Waals surface area contributed by atoms with E-state index in [1.54, 1.807) is 19.1 Å². The van der Waals surface area contributed by atoms with E-state index in [2.05, 4.69) is 10.0 Å². The summed E-state index contributed by atoms with van der Waals surface area (Å²) in [6, 6.07) is 6.22. The predicted octanol–water partition coefficient (Wildman–Crippen LogP) is 2.84. The zero-order valence-electron chi connectivity index (χ0n) is 15.8. The van der Waals surface area contributed by atoms with Crippen molar-refractivity contribution in [3.05, 3.63) is 24.3 Å². The molecule has 1 aliphatic rings. The highest BCUT2D eigenvalue weighted by Crippen LogP contribution is 2.21. The van der Waals surface area contributed by atoms with E-state index in [0.717, 1.165) is 25.7 Å². The van der Waals surface area contributed by atoms with Crippen molar-refractivity contribution in [2.75, 3.05) is 6.54 Å². The van der Waals surface area contributed by atoms with Crippen LogP contribution in [-0.4, -0.2) is 33.0 Å². The number of rotatable bonds is 8. The molecule has 1 atom stereocenters. The van der Waals surface area contributed by atoms with Crippen molar-refractivity contribution in [3.8, 4) is 5.75 Å². The van der Waals surface area contributed by atoms with Crippen molar-refractivity contribution in [3.63, 3.8) is 0 Å². The topological polar surface area (TPSA) is 84.5 Å². The van der Waals surface area contributed by atoms with Crippen molar-refractivity contribution in [2.24, 2.45) is 5.92 Å². The number of sulfonamides is 1. The Kier molecular flexibility index (Phi) is 7.46. The van der Waals surface area contributed by atoms with E-state index in [9.17, 15) is 13.2 Å². The normalized spacial score (nSPS) is 17.1. The molecule has 1 aliphatic carbocycles. The first kappa shape index (κ1) is 20.7. The Labute approximate surface area is 156 Å². The molecule has 0 radical (unpaired) electrons. The second-order valence-corrected chi connectivity index (χ2v) is 9.04. The van der Waals surface area contributed by atoms with Gasteiger partial charge >= 0.3 is 0 Å². The number of hydrogen-bond acceptors (Lipinski definition) is 4. The Morgan fingerprint density at radius 2 is 1.73 bits per heavy atom. The highest BCUT2D eigenvalue weighted by Gasteiger charge is 2.22. The highest BCUT2D eigenvalue weighted by molar-refractivity contribution is 7.89. The largest absolute Gasteiger partial charge is 0.481 e. The van der Waals surface area contributed by atoms with Gasteiger partial charge in [-0.05, 0) is 49.9 Å². The fourth-order valence-corrected chi connectivity index (χ4v) is 4.22. The lowest BCUT2D eigenvalue weighted by molar-refractivity contribution is -0.127. The van der Waals surface area contributed by atoms with Crippen LogP contribution in [0.4, 0.5) is 0 Å². The number of nitrogens with one attached hydrogen (secondary N) is 2. The minimum absolute atomic E-state index is 0.0225. The number of carbonyl (C=O) groups excluding carboxylic acids is 1. The van der Waals surface area contributed by atoms with Gasteiger partial charge in [0.25, 0.3) is 5.91 Å². The Morgan fingerprint density at radius 1 is 1.12 bits per heavy atom. The minimum Gasteiger partial charge on any atom is -0.481 e. The molecule has 26 heavy (non-hydrogen) atoms. The van der Waals surface area contributed by atoms with Crippen LogP contribution < -0.4 is 14.8 Å². The fourth-order valence-electron chi connectivity index (χ4n) is 2.91. The molecule has 1 aromatic rings. The smallest absolute Gasteiger partial charge is 0.260 e. The second kappa shape index (κ2) is 9.37. The van der Waals surface area contributed by atoms with E-state index in [4.69, 9.17) is 4.74 Å².